The molecule has 3 N–H and O–H groups in total. The first kappa shape index (κ1) is 35.2. The summed E-state index contributed by atoms with van der Waals surface area (Å²) in [6.07, 6.45) is 8.53. The molecule has 0 aliphatic carbocycles. The summed E-state index contributed by atoms with van der Waals surface area (Å²) >= 11 is 0. The number of ether oxygens (including phenoxy) is 1. The fourth-order valence-electron chi connectivity index (χ4n) is 7.45. The number of benzene rings is 3. The number of anilines is 1. The molecule has 0 atom stereocenters. The number of hydrogen-bond acceptors (Lipinski definition) is 5. The second-order valence-corrected chi connectivity index (χ2v) is 15.1. The SMILES string of the molecule is Cc1cc(C)c(-c2c3nc(c(-c4ccc(NC(=O)OC(C)(C)C)cc4)c4ccc([nH]4)c(-c4ccc(C=O)cc4)c4nc(cc5ccc2[nH]5)C=C4)C=C3)c(C)c1. The van der Waals surface area contributed by atoms with Crippen molar-refractivity contribution in [2.75, 3.05) is 5.32 Å². The summed E-state index contributed by atoms with van der Waals surface area (Å²) in [5.41, 5.74) is 16.7. The van der Waals surface area contributed by atoms with Crippen molar-refractivity contribution in [2.45, 2.75) is 47.1 Å². The number of hydrogen-bond donors (Lipinski definition) is 3. The first-order valence-corrected chi connectivity index (χ1v) is 18.3. The van der Waals surface area contributed by atoms with Gasteiger partial charge in [0.25, 0.3) is 0 Å². The summed E-state index contributed by atoms with van der Waals surface area (Å²) in [7, 11) is 0. The Balaban J connectivity index is 1.43. The second kappa shape index (κ2) is 13.9. The zero-order chi connectivity index (χ0) is 38.4. The van der Waals surface area contributed by atoms with Gasteiger partial charge in [-0.3, -0.25) is 10.1 Å². The molecule has 8 nitrogen and oxygen atoms in total. The number of amides is 1. The minimum Gasteiger partial charge on any atom is -0.444 e. The third kappa shape index (κ3) is 7.14. The van der Waals surface area contributed by atoms with Gasteiger partial charge in [-0.05, 0) is 136 Å². The molecule has 0 spiro atoms. The maximum absolute atomic E-state index is 12.6. The molecule has 8 bridgehead atoms. The number of aromatic amines is 2. The summed E-state index contributed by atoms with van der Waals surface area (Å²) in [6.45, 7) is 11.9. The number of fused-ring (bicyclic) bond motifs is 8. The highest BCUT2D eigenvalue weighted by Crippen LogP contribution is 2.38. The molecule has 272 valence electrons. The molecule has 0 saturated heterocycles. The van der Waals surface area contributed by atoms with E-state index < -0.39 is 11.7 Å². The highest BCUT2D eigenvalue weighted by Gasteiger charge is 2.20. The minimum atomic E-state index is -0.618. The Hall–Kier alpha value is -6.80. The van der Waals surface area contributed by atoms with Gasteiger partial charge in [-0.15, -0.1) is 0 Å². The Morgan fingerprint density at radius 3 is 1.80 bits per heavy atom. The van der Waals surface area contributed by atoms with Crippen molar-refractivity contribution in [3.05, 3.63) is 136 Å². The standard InChI is InChI=1S/C47H41N5O3/c1-27-23-28(2)42(29(3)24-27)45-40-18-16-35(49-40)25-34-15-17-36(48-34)43(31-9-7-30(26-53)8-10-31)37-19-20-38(51-37)44(39-21-22-41(45)52-39)32-11-13-33(14-12-32)50-46(54)55-47(4,5)6/h7-26,49,51H,1-6H3,(H,50,54). The lowest BCUT2D eigenvalue weighted by Gasteiger charge is -2.19. The van der Waals surface area contributed by atoms with Gasteiger partial charge in [0.15, 0.2) is 0 Å². The minimum absolute atomic E-state index is 0.516. The molecule has 8 heteroatoms. The first-order chi connectivity index (χ1) is 26.4. The van der Waals surface area contributed by atoms with Gasteiger partial charge < -0.3 is 14.7 Å². The van der Waals surface area contributed by atoms with Crippen LogP contribution in [-0.2, 0) is 4.74 Å². The van der Waals surface area contributed by atoms with Gasteiger partial charge in [0.05, 0.1) is 22.8 Å². The van der Waals surface area contributed by atoms with E-state index in [1.165, 1.54) is 16.7 Å². The lowest BCUT2D eigenvalue weighted by atomic mass is 9.92. The number of carbonyl (C=O) groups excluding carboxylic acids is 2. The Bertz CT molecular complexity index is 2720. The molecule has 6 aromatic rings. The van der Waals surface area contributed by atoms with Gasteiger partial charge in [0.2, 0.25) is 0 Å². The van der Waals surface area contributed by atoms with Crippen molar-refractivity contribution in [1.29, 1.82) is 0 Å². The van der Waals surface area contributed by atoms with Crippen LogP contribution in [0, 0.1) is 20.8 Å². The molecule has 2 aliphatic rings. The van der Waals surface area contributed by atoms with Crippen LogP contribution in [0.2, 0.25) is 0 Å². The predicted molar refractivity (Wildman–Crippen MR) is 225 cm³/mol. The van der Waals surface area contributed by atoms with E-state index in [1.807, 2.05) is 81.5 Å². The van der Waals surface area contributed by atoms with Gasteiger partial charge >= 0.3 is 6.09 Å². The van der Waals surface area contributed by atoms with Crippen molar-refractivity contribution in [3.63, 3.8) is 0 Å². The summed E-state index contributed by atoms with van der Waals surface area (Å²) in [5.74, 6) is 0. The Morgan fingerprint density at radius 2 is 1.18 bits per heavy atom. The van der Waals surface area contributed by atoms with Crippen LogP contribution in [0.1, 0.15) is 70.6 Å². The molecule has 3 aromatic heterocycles. The van der Waals surface area contributed by atoms with E-state index in [0.29, 0.717) is 11.3 Å². The monoisotopic (exact) mass is 723 g/mol. The van der Waals surface area contributed by atoms with Gasteiger partial charge in [0, 0.05) is 50.0 Å². The van der Waals surface area contributed by atoms with Crippen molar-refractivity contribution >= 4 is 64.4 Å². The summed E-state index contributed by atoms with van der Waals surface area (Å²) in [4.78, 5) is 42.0. The molecular weight excluding hydrogens is 683 g/mol. The molecule has 1 amide bonds. The third-order valence-corrected chi connectivity index (χ3v) is 9.66. The van der Waals surface area contributed by atoms with Gasteiger partial charge in [-0.2, -0.15) is 0 Å². The zero-order valence-corrected chi connectivity index (χ0v) is 31.7. The molecule has 8 rings (SSSR count). The molecule has 55 heavy (non-hydrogen) atoms. The number of nitrogens with zero attached hydrogens (tertiary/aromatic N) is 2. The number of H-pyrrole nitrogens is 2. The van der Waals surface area contributed by atoms with Gasteiger partial charge in [-0.25, -0.2) is 14.8 Å². The highest BCUT2D eigenvalue weighted by molar-refractivity contribution is 5.98. The molecule has 5 heterocycles. The van der Waals surface area contributed by atoms with Crippen molar-refractivity contribution in [1.82, 2.24) is 19.9 Å². The average molecular weight is 724 g/mol. The number of carbonyl (C=O) groups is 2. The topological polar surface area (TPSA) is 113 Å². The lowest BCUT2D eigenvalue weighted by Crippen LogP contribution is -2.27. The van der Waals surface area contributed by atoms with Crippen LogP contribution in [0.5, 0.6) is 0 Å². The Kier molecular flexibility index (Phi) is 8.89. The number of aromatic nitrogens is 4. The van der Waals surface area contributed by atoms with Crippen molar-refractivity contribution < 1.29 is 14.3 Å². The average Bonchev–Trinajstić information content (AvgIpc) is 3.97. The van der Waals surface area contributed by atoms with Crippen LogP contribution in [0.25, 0.3) is 79.8 Å². The quantitative estimate of drug-likeness (QED) is 0.153. The van der Waals surface area contributed by atoms with Crippen LogP contribution in [-0.4, -0.2) is 37.9 Å². The number of aryl methyl sites for hydroxylation is 3. The maximum atomic E-state index is 12.6. The van der Waals surface area contributed by atoms with Crippen LogP contribution in [0.4, 0.5) is 10.5 Å². The third-order valence-electron chi connectivity index (χ3n) is 9.66. The highest BCUT2D eigenvalue weighted by atomic mass is 16.6. The van der Waals surface area contributed by atoms with E-state index in [4.69, 9.17) is 14.7 Å². The van der Waals surface area contributed by atoms with E-state index >= 15 is 0 Å². The molecule has 3 aromatic carbocycles. The van der Waals surface area contributed by atoms with Crippen LogP contribution < -0.4 is 5.32 Å². The van der Waals surface area contributed by atoms with Crippen molar-refractivity contribution in [2.24, 2.45) is 0 Å². The second-order valence-electron chi connectivity index (χ2n) is 15.1. The summed E-state index contributed by atoms with van der Waals surface area (Å²) in [6, 6.07) is 30.0. The van der Waals surface area contributed by atoms with E-state index in [2.05, 4.69) is 90.7 Å². The number of rotatable bonds is 5. The maximum Gasteiger partial charge on any atom is 0.412 e. The van der Waals surface area contributed by atoms with Crippen LogP contribution in [0.15, 0.2) is 91.0 Å². The zero-order valence-electron chi connectivity index (χ0n) is 31.7. The van der Waals surface area contributed by atoms with E-state index in [0.717, 1.165) is 84.5 Å². The predicted octanol–water partition coefficient (Wildman–Crippen LogP) is 11.7. The fourth-order valence-corrected chi connectivity index (χ4v) is 7.45. The molecule has 2 aliphatic heterocycles. The summed E-state index contributed by atoms with van der Waals surface area (Å²) in [5, 5.41) is 2.85. The van der Waals surface area contributed by atoms with E-state index in [-0.39, 0.29) is 0 Å². The molecule has 0 radical (unpaired) electrons. The molecule has 0 fully saturated rings. The van der Waals surface area contributed by atoms with Gasteiger partial charge in [0.1, 0.15) is 11.9 Å². The molecular formula is C47H41N5O3. The smallest absolute Gasteiger partial charge is 0.412 e. The summed E-state index contributed by atoms with van der Waals surface area (Å²) < 4.78 is 5.49. The van der Waals surface area contributed by atoms with Crippen LogP contribution >= 0.6 is 0 Å². The van der Waals surface area contributed by atoms with Crippen LogP contribution in [0.3, 0.4) is 0 Å². The largest absolute Gasteiger partial charge is 0.444 e. The molecule has 0 unspecified atom stereocenters. The Labute approximate surface area is 319 Å². The number of nitrogens with one attached hydrogen (secondary N) is 3. The Morgan fingerprint density at radius 1 is 0.636 bits per heavy atom. The first-order valence-electron chi connectivity index (χ1n) is 18.3. The van der Waals surface area contributed by atoms with Gasteiger partial charge in [-0.1, -0.05) is 54.1 Å². The van der Waals surface area contributed by atoms with E-state index in [9.17, 15) is 9.59 Å². The fraction of sp³-hybridized carbons (Fsp3) is 0.149. The normalized spacial score (nSPS) is 12.2. The number of aldehydes is 1. The van der Waals surface area contributed by atoms with Crippen molar-refractivity contribution in [3.8, 4) is 33.4 Å². The lowest BCUT2D eigenvalue weighted by molar-refractivity contribution is 0.0635. The van der Waals surface area contributed by atoms with E-state index in [1.54, 1.807) is 0 Å². The molecule has 0 saturated carbocycles.